The van der Waals surface area contributed by atoms with E-state index >= 15 is 0 Å². The quantitative estimate of drug-likeness (QED) is 0.849. The molecule has 2 aromatic carbocycles. The maximum atomic E-state index is 12.2. The van der Waals surface area contributed by atoms with Gasteiger partial charge in [0.2, 0.25) is 5.91 Å². The Morgan fingerprint density at radius 1 is 1.09 bits per heavy atom. The fourth-order valence-electron chi connectivity index (χ4n) is 2.06. The summed E-state index contributed by atoms with van der Waals surface area (Å²) < 4.78 is 0. The Morgan fingerprint density at radius 2 is 1.83 bits per heavy atom. The van der Waals surface area contributed by atoms with E-state index in [9.17, 15) is 9.59 Å². The Labute approximate surface area is 140 Å². The maximum Gasteiger partial charge on any atom is 0.251 e. The monoisotopic (exact) mass is 330 g/mol. The summed E-state index contributed by atoms with van der Waals surface area (Å²) >= 11 is 5.84. The summed E-state index contributed by atoms with van der Waals surface area (Å²) in [5.74, 6) is -0.239. The van der Waals surface area contributed by atoms with Crippen molar-refractivity contribution in [2.75, 3.05) is 11.9 Å². The van der Waals surface area contributed by atoms with Crippen LogP contribution in [0.25, 0.3) is 0 Å². The third-order valence-electron chi connectivity index (χ3n) is 3.34. The Kier molecular flexibility index (Phi) is 6.18. The van der Waals surface area contributed by atoms with Gasteiger partial charge in [0.1, 0.15) is 0 Å². The number of hydrogen-bond acceptors (Lipinski definition) is 2. The molecule has 0 aliphatic rings. The number of amides is 2. The summed E-state index contributed by atoms with van der Waals surface area (Å²) in [6.45, 7) is 2.31. The summed E-state index contributed by atoms with van der Waals surface area (Å²) in [6, 6.07) is 14.4. The first kappa shape index (κ1) is 17.0. The zero-order chi connectivity index (χ0) is 16.7. The minimum Gasteiger partial charge on any atom is -0.352 e. The van der Waals surface area contributed by atoms with E-state index in [1.807, 2.05) is 24.3 Å². The molecule has 0 heterocycles. The van der Waals surface area contributed by atoms with Crippen LogP contribution in [-0.2, 0) is 11.2 Å². The van der Waals surface area contributed by atoms with Gasteiger partial charge in [0.15, 0.2) is 0 Å². The normalized spacial score (nSPS) is 10.2. The van der Waals surface area contributed by atoms with Gasteiger partial charge in [-0.05, 0) is 42.3 Å². The molecule has 0 saturated heterocycles. The summed E-state index contributed by atoms with van der Waals surface area (Å²) in [4.78, 5) is 23.5. The molecule has 2 amide bonds. The average molecular weight is 331 g/mol. The predicted molar refractivity (Wildman–Crippen MR) is 92.9 cm³/mol. The Morgan fingerprint density at radius 3 is 2.52 bits per heavy atom. The minimum absolute atomic E-state index is 0.0784. The van der Waals surface area contributed by atoms with Crippen molar-refractivity contribution < 1.29 is 9.59 Å². The number of hydrogen-bond donors (Lipinski definition) is 2. The van der Waals surface area contributed by atoms with Crippen LogP contribution in [0, 0.1) is 0 Å². The molecule has 0 radical (unpaired) electrons. The van der Waals surface area contributed by atoms with E-state index in [2.05, 4.69) is 10.6 Å². The van der Waals surface area contributed by atoms with E-state index < -0.39 is 0 Å². The van der Waals surface area contributed by atoms with Crippen LogP contribution in [-0.4, -0.2) is 18.4 Å². The molecule has 2 rings (SSSR count). The second kappa shape index (κ2) is 8.34. The van der Waals surface area contributed by atoms with E-state index in [1.54, 1.807) is 31.2 Å². The van der Waals surface area contributed by atoms with Crippen LogP contribution in [0.1, 0.15) is 29.3 Å². The van der Waals surface area contributed by atoms with E-state index in [0.717, 1.165) is 12.0 Å². The molecule has 0 saturated carbocycles. The van der Waals surface area contributed by atoms with Crippen LogP contribution in [0.2, 0.25) is 5.02 Å². The lowest BCUT2D eigenvalue weighted by Gasteiger charge is -2.08. The van der Waals surface area contributed by atoms with E-state index in [-0.39, 0.29) is 11.8 Å². The Balaban J connectivity index is 1.89. The fraction of sp³-hybridized carbons (Fsp3) is 0.222. The number of carbonyl (C=O) groups is 2. The number of nitrogens with one attached hydrogen (secondary N) is 2. The van der Waals surface area contributed by atoms with Gasteiger partial charge in [-0.1, -0.05) is 36.7 Å². The number of anilines is 1. The Hall–Kier alpha value is -2.33. The smallest absolute Gasteiger partial charge is 0.251 e. The predicted octanol–water partition coefficient (Wildman–Crippen LogP) is 3.66. The summed E-state index contributed by atoms with van der Waals surface area (Å²) in [5, 5.41) is 6.31. The van der Waals surface area contributed by atoms with Crippen LogP contribution in [0.4, 0.5) is 5.69 Å². The number of halogens is 1. The van der Waals surface area contributed by atoms with Crippen LogP contribution in [0.3, 0.4) is 0 Å². The topological polar surface area (TPSA) is 58.2 Å². The molecule has 23 heavy (non-hydrogen) atoms. The molecule has 0 aliphatic heterocycles. The lowest BCUT2D eigenvalue weighted by atomic mass is 10.1. The summed E-state index contributed by atoms with van der Waals surface area (Å²) in [7, 11) is 0. The SMILES string of the molecule is CCC(=O)Nc1cccc(C(=O)NCCc2ccc(Cl)cc2)c1. The number of carbonyl (C=O) groups excluding carboxylic acids is 2. The molecule has 0 bridgehead atoms. The lowest BCUT2D eigenvalue weighted by Crippen LogP contribution is -2.25. The zero-order valence-electron chi connectivity index (χ0n) is 12.9. The van der Waals surface area contributed by atoms with Gasteiger partial charge in [-0.3, -0.25) is 9.59 Å². The highest BCUT2D eigenvalue weighted by atomic mass is 35.5. The van der Waals surface area contributed by atoms with Gasteiger partial charge in [0.05, 0.1) is 0 Å². The molecule has 5 heteroatoms. The van der Waals surface area contributed by atoms with Gasteiger partial charge in [0, 0.05) is 29.2 Å². The van der Waals surface area contributed by atoms with Crippen molar-refractivity contribution in [2.45, 2.75) is 19.8 Å². The molecule has 0 aromatic heterocycles. The van der Waals surface area contributed by atoms with Gasteiger partial charge >= 0.3 is 0 Å². The fourth-order valence-corrected chi connectivity index (χ4v) is 2.19. The van der Waals surface area contributed by atoms with Crippen LogP contribution < -0.4 is 10.6 Å². The third-order valence-corrected chi connectivity index (χ3v) is 3.59. The number of rotatable bonds is 6. The van der Waals surface area contributed by atoms with Crippen molar-refractivity contribution in [3.05, 3.63) is 64.7 Å². The molecule has 2 N–H and O–H groups in total. The number of benzene rings is 2. The highest BCUT2D eigenvalue weighted by Crippen LogP contribution is 2.12. The highest BCUT2D eigenvalue weighted by molar-refractivity contribution is 6.30. The van der Waals surface area contributed by atoms with Crippen molar-refractivity contribution in [3.63, 3.8) is 0 Å². The highest BCUT2D eigenvalue weighted by Gasteiger charge is 2.07. The molecule has 0 atom stereocenters. The molecule has 120 valence electrons. The molecular formula is C18H19ClN2O2. The Bertz CT molecular complexity index is 684. The summed E-state index contributed by atoms with van der Waals surface area (Å²) in [6.07, 6.45) is 1.13. The van der Waals surface area contributed by atoms with E-state index in [4.69, 9.17) is 11.6 Å². The maximum absolute atomic E-state index is 12.2. The average Bonchev–Trinajstić information content (AvgIpc) is 2.56. The van der Waals surface area contributed by atoms with Gasteiger partial charge in [-0.25, -0.2) is 0 Å². The van der Waals surface area contributed by atoms with Gasteiger partial charge in [0.25, 0.3) is 5.91 Å². The van der Waals surface area contributed by atoms with Gasteiger partial charge < -0.3 is 10.6 Å². The standard InChI is InChI=1S/C18H19ClN2O2/c1-2-17(22)21-16-5-3-4-14(12-16)18(23)20-11-10-13-6-8-15(19)9-7-13/h3-9,12H,2,10-11H2,1H3,(H,20,23)(H,21,22). The second-order valence-corrected chi connectivity index (χ2v) is 5.55. The van der Waals surface area contributed by atoms with Crippen LogP contribution >= 0.6 is 11.6 Å². The minimum atomic E-state index is -0.161. The lowest BCUT2D eigenvalue weighted by molar-refractivity contribution is -0.115. The van der Waals surface area contributed by atoms with E-state index in [0.29, 0.717) is 29.2 Å². The van der Waals surface area contributed by atoms with Crippen molar-refractivity contribution in [1.82, 2.24) is 5.32 Å². The molecule has 2 aromatic rings. The molecule has 0 fully saturated rings. The molecule has 0 aliphatic carbocycles. The molecule has 0 unspecified atom stereocenters. The largest absolute Gasteiger partial charge is 0.352 e. The second-order valence-electron chi connectivity index (χ2n) is 5.11. The molecule has 0 spiro atoms. The van der Waals surface area contributed by atoms with Crippen molar-refractivity contribution in [2.24, 2.45) is 0 Å². The zero-order valence-corrected chi connectivity index (χ0v) is 13.7. The molecular weight excluding hydrogens is 312 g/mol. The molecule has 4 nitrogen and oxygen atoms in total. The van der Waals surface area contributed by atoms with Gasteiger partial charge in [-0.15, -0.1) is 0 Å². The van der Waals surface area contributed by atoms with Crippen LogP contribution in [0.15, 0.2) is 48.5 Å². The van der Waals surface area contributed by atoms with Crippen molar-refractivity contribution >= 4 is 29.1 Å². The third kappa shape index (κ3) is 5.42. The first-order valence-electron chi connectivity index (χ1n) is 7.51. The van der Waals surface area contributed by atoms with Crippen LogP contribution in [0.5, 0.6) is 0 Å². The first-order chi connectivity index (χ1) is 11.1. The van der Waals surface area contributed by atoms with E-state index in [1.165, 1.54) is 0 Å². The van der Waals surface area contributed by atoms with Gasteiger partial charge in [-0.2, -0.15) is 0 Å². The first-order valence-corrected chi connectivity index (χ1v) is 7.89. The van der Waals surface area contributed by atoms with Crippen molar-refractivity contribution in [1.29, 1.82) is 0 Å². The van der Waals surface area contributed by atoms with Crippen molar-refractivity contribution in [3.8, 4) is 0 Å². The summed E-state index contributed by atoms with van der Waals surface area (Å²) in [5.41, 5.74) is 2.26.